The van der Waals surface area contributed by atoms with Crippen molar-refractivity contribution in [2.45, 2.75) is 25.9 Å². The molecular formula is C19H19FN4O2. The number of halogens is 1. The molecule has 3 rings (SSSR count). The lowest BCUT2D eigenvalue weighted by atomic mass is 10.1. The molecule has 1 saturated heterocycles. The number of nitrogens with zero attached hydrogens (tertiary/aromatic N) is 3. The average Bonchev–Trinajstić information content (AvgIpc) is 2.65. The van der Waals surface area contributed by atoms with Gasteiger partial charge in [-0.1, -0.05) is 6.07 Å². The molecule has 0 saturated carbocycles. The van der Waals surface area contributed by atoms with Crippen LogP contribution in [-0.4, -0.2) is 35.0 Å². The number of carbonyl (C=O) groups is 1. The summed E-state index contributed by atoms with van der Waals surface area (Å²) in [5, 5.41) is 9.11. The maximum atomic E-state index is 13.6. The Bertz CT molecular complexity index is 878. The summed E-state index contributed by atoms with van der Waals surface area (Å²) in [6.45, 7) is 2.69. The molecule has 6 nitrogen and oxygen atoms in total. The van der Waals surface area contributed by atoms with Gasteiger partial charge in [-0.3, -0.25) is 4.79 Å². The number of piperidine rings is 1. The highest BCUT2D eigenvalue weighted by Crippen LogP contribution is 2.24. The summed E-state index contributed by atoms with van der Waals surface area (Å²) in [5.41, 5.74) is 6.91. The van der Waals surface area contributed by atoms with E-state index in [4.69, 9.17) is 15.7 Å². The summed E-state index contributed by atoms with van der Waals surface area (Å²) in [6.07, 6.45) is 2.80. The maximum absolute atomic E-state index is 13.6. The van der Waals surface area contributed by atoms with E-state index < -0.39 is 5.82 Å². The Morgan fingerprint density at radius 1 is 1.46 bits per heavy atom. The van der Waals surface area contributed by atoms with Crippen molar-refractivity contribution in [3.63, 3.8) is 0 Å². The highest BCUT2D eigenvalue weighted by atomic mass is 19.1. The van der Waals surface area contributed by atoms with E-state index in [1.807, 2.05) is 0 Å². The lowest BCUT2D eigenvalue weighted by molar-refractivity contribution is 0.0526. The number of aromatic nitrogens is 1. The molecule has 1 aliphatic rings. The van der Waals surface area contributed by atoms with E-state index in [2.05, 4.69) is 11.1 Å². The monoisotopic (exact) mass is 354 g/mol. The first-order valence-corrected chi connectivity index (χ1v) is 8.37. The molecule has 1 aromatic carbocycles. The summed E-state index contributed by atoms with van der Waals surface area (Å²) in [4.78, 5) is 18.5. The normalized spacial score (nSPS) is 16.8. The maximum Gasteiger partial charge on any atom is 0.256 e. The molecule has 1 fully saturated rings. The Kier molecular flexibility index (Phi) is 5.03. The fourth-order valence-electron chi connectivity index (χ4n) is 3.03. The molecule has 2 heterocycles. The van der Waals surface area contributed by atoms with E-state index in [1.54, 1.807) is 17.9 Å². The molecule has 1 aliphatic heterocycles. The quantitative estimate of drug-likeness (QED) is 0.856. The molecule has 0 unspecified atom stereocenters. The van der Waals surface area contributed by atoms with Crippen molar-refractivity contribution in [3.8, 4) is 11.9 Å². The lowest BCUT2D eigenvalue weighted by Crippen LogP contribution is -2.44. The van der Waals surface area contributed by atoms with Gasteiger partial charge >= 0.3 is 0 Å². The van der Waals surface area contributed by atoms with Crippen LogP contribution in [0.25, 0.3) is 0 Å². The van der Waals surface area contributed by atoms with Gasteiger partial charge in [0.1, 0.15) is 11.9 Å². The second kappa shape index (κ2) is 7.40. The molecule has 0 bridgehead atoms. The summed E-state index contributed by atoms with van der Waals surface area (Å²) >= 11 is 0. The van der Waals surface area contributed by atoms with Gasteiger partial charge in [-0.2, -0.15) is 5.26 Å². The Balaban J connectivity index is 1.75. The van der Waals surface area contributed by atoms with Gasteiger partial charge in [0.2, 0.25) is 5.88 Å². The topological polar surface area (TPSA) is 92.2 Å². The van der Waals surface area contributed by atoms with Crippen molar-refractivity contribution in [1.29, 1.82) is 5.26 Å². The molecule has 0 aliphatic carbocycles. The Labute approximate surface area is 151 Å². The first-order chi connectivity index (χ1) is 12.5. The van der Waals surface area contributed by atoms with Gasteiger partial charge in [-0.05, 0) is 38.0 Å². The standard InChI is InChI=1S/C19H19FN4O2/c1-12-13(10-21)7-8-23-18(12)26-14-4-3-9-24(11-14)19(25)15-5-2-6-16(20)17(15)22/h2,5-8,14H,3-4,9,11,22H2,1H3/t14-/m1/s1. The summed E-state index contributed by atoms with van der Waals surface area (Å²) in [7, 11) is 0. The van der Waals surface area contributed by atoms with E-state index >= 15 is 0 Å². The fraction of sp³-hybridized carbons (Fsp3) is 0.316. The van der Waals surface area contributed by atoms with Crippen molar-refractivity contribution >= 4 is 11.6 Å². The predicted molar refractivity (Wildman–Crippen MR) is 94.1 cm³/mol. The van der Waals surface area contributed by atoms with Crippen LogP contribution in [0.3, 0.4) is 0 Å². The Hall–Kier alpha value is -3.14. The highest BCUT2D eigenvalue weighted by molar-refractivity contribution is 5.99. The van der Waals surface area contributed by atoms with Crippen LogP contribution in [0.4, 0.5) is 10.1 Å². The van der Waals surface area contributed by atoms with Crippen LogP contribution in [0, 0.1) is 24.1 Å². The average molecular weight is 354 g/mol. The molecule has 1 aromatic heterocycles. The number of benzene rings is 1. The lowest BCUT2D eigenvalue weighted by Gasteiger charge is -2.33. The number of para-hydroxylation sites is 1. The largest absolute Gasteiger partial charge is 0.472 e. The molecule has 0 spiro atoms. The minimum atomic E-state index is -0.603. The minimum absolute atomic E-state index is 0.139. The number of hydrogen-bond acceptors (Lipinski definition) is 5. The van der Waals surface area contributed by atoms with Gasteiger partial charge < -0.3 is 15.4 Å². The van der Waals surface area contributed by atoms with Crippen LogP contribution in [0.2, 0.25) is 0 Å². The highest BCUT2D eigenvalue weighted by Gasteiger charge is 2.28. The number of nitriles is 1. The second-order valence-electron chi connectivity index (χ2n) is 6.23. The number of nitrogens with two attached hydrogens (primary N) is 1. The smallest absolute Gasteiger partial charge is 0.256 e. The number of hydrogen-bond donors (Lipinski definition) is 1. The van der Waals surface area contributed by atoms with Crippen molar-refractivity contribution < 1.29 is 13.9 Å². The third kappa shape index (κ3) is 3.45. The fourth-order valence-corrected chi connectivity index (χ4v) is 3.03. The number of nitrogen functional groups attached to an aromatic ring is 1. The van der Waals surface area contributed by atoms with Crippen molar-refractivity contribution in [2.24, 2.45) is 0 Å². The molecule has 2 N–H and O–H groups in total. The molecule has 1 atom stereocenters. The van der Waals surface area contributed by atoms with Crippen LogP contribution >= 0.6 is 0 Å². The van der Waals surface area contributed by atoms with Crippen molar-refractivity contribution in [1.82, 2.24) is 9.88 Å². The van der Waals surface area contributed by atoms with E-state index in [0.717, 1.165) is 12.8 Å². The molecule has 134 valence electrons. The number of anilines is 1. The zero-order valence-electron chi connectivity index (χ0n) is 14.4. The van der Waals surface area contributed by atoms with Gasteiger partial charge in [-0.15, -0.1) is 0 Å². The number of likely N-dealkylation sites (tertiary alicyclic amines) is 1. The molecule has 0 radical (unpaired) electrons. The van der Waals surface area contributed by atoms with Gasteiger partial charge in [-0.25, -0.2) is 9.37 Å². The Morgan fingerprint density at radius 2 is 2.27 bits per heavy atom. The number of ether oxygens (including phenoxy) is 1. The number of pyridine rings is 1. The third-order valence-corrected chi connectivity index (χ3v) is 4.51. The minimum Gasteiger partial charge on any atom is -0.472 e. The van der Waals surface area contributed by atoms with Gasteiger partial charge in [0, 0.05) is 18.3 Å². The van der Waals surface area contributed by atoms with Crippen molar-refractivity contribution in [2.75, 3.05) is 18.8 Å². The van der Waals surface area contributed by atoms with E-state index in [9.17, 15) is 9.18 Å². The summed E-state index contributed by atoms with van der Waals surface area (Å²) < 4.78 is 19.6. The zero-order valence-corrected chi connectivity index (χ0v) is 14.4. The van der Waals surface area contributed by atoms with Crippen LogP contribution in [-0.2, 0) is 0 Å². The first kappa shape index (κ1) is 17.7. The Morgan fingerprint density at radius 3 is 3.04 bits per heavy atom. The molecule has 1 amide bonds. The van der Waals surface area contributed by atoms with E-state index in [1.165, 1.54) is 24.4 Å². The van der Waals surface area contributed by atoms with Crippen LogP contribution in [0.1, 0.15) is 34.3 Å². The SMILES string of the molecule is Cc1c(C#N)ccnc1O[C@@H]1CCCN(C(=O)c2cccc(F)c2N)C1. The zero-order chi connectivity index (χ0) is 18.7. The summed E-state index contributed by atoms with van der Waals surface area (Å²) in [6, 6.07) is 7.95. The van der Waals surface area contributed by atoms with Gasteiger partial charge in [0.05, 0.1) is 29.4 Å². The first-order valence-electron chi connectivity index (χ1n) is 8.37. The number of carbonyl (C=O) groups excluding carboxylic acids is 1. The van der Waals surface area contributed by atoms with Crippen LogP contribution in [0.15, 0.2) is 30.5 Å². The van der Waals surface area contributed by atoms with E-state index in [0.29, 0.717) is 30.1 Å². The van der Waals surface area contributed by atoms with Gasteiger partial charge in [0.15, 0.2) is 0 Å². The van der Waals surface area contributed by atoms with Crippen LogP contribution < -0.4 is 10.5 Å². The van der Waals surface area contributed by atoms with Gasteiger partial charge in [0.25, 0.3) is 5.91 Å². The third-order valence-electron chi connectivity index (χ3n) is 4.51. The molecule has 2 aromatic rings. The summed E-state index contributed by atoms with van der Waals surface area (Å²) in [5.74, 6) is -0.520. The molecule has 26 heavy (non-hydrogen) atoms. The van der Waals surface area contributed by atoms with Crippen molar-refractivity contribution in [3.05, 3.63) is 53.0 Å². The molecular weight excluding hydrogens is 335 g/mol. The number of rotatable bonds is 3. The molecule has 7 heteroatoms. The second-order valence-corrected chi connectivity index (χ2v) is 6.23. The predicted octanol–water partition coefficient (Wildman–Crippen LogP) is 2.67. The van der Waals surface area contributed by atoms with Crippen LogP contribution in [0.5, 0.6) is 5.88 Å². The van der Waals surface area contributed by atoms with E-state index in [-0.39, 0.29) is 23.3 Å². The number of amides is 1.